The molecule has 0 N–H and O–H groups in total. The average Bonchev–Trinajstić information content (AvgIpc) is 2.06. The molecule has 0 aromatic heterocycles. The minimum Gasteiger partial charge on any atom is -0.453 e. The Morgan fingerprint density at radius 1 is 1.33 bits per heavy atom. The van der Waals surface area contributed by atoms with Gasteiger partial charge in [0, 0.05) is 5.92 Å². The summed E-state index contributed by atoms with van der Waals surface area (Å²) in [7, 11) is 0. The fourth-order valence-electron chi connectivity index (χ4n) is 1.47. The molecule has 2 heteroatoms. The van der Waals surface area contributed by atoms with Gasteiger partial charge < -0.3 is 4.74 Å². The van der Waals surface area contributed by atoms with Gasteiger partial charge in [-0.25, -0.2) is 4.79 Å². The number of hydrogen-bond donors (Lipinski definition) is 0. The maximum Gasteiger partial charge on any atom is 0.384 e. The van der Waals surface area contributed by atoms with E-state index in [2.05, 4.69) is 11.8 Å². The van der Waals surface area contributed by atoms with Gasteiger partial charge in [0.1, 0.15) is 6.10 Å². The zero-order valence-corrected chi connectivity index (χ0v) is 7.43. The molecule has 0 aromatic carbocycles. The number of carbonyl (C=O) groups excluding carboxylic acids is 1. The van der Waals surface area contributed by atoms with Crippen molar-refractivity contribution in [1.29, 1.82) is 0 Å². The van der Waals surface area contributed by atoms with E-state index in [1.54, 1.807) is 6.92 Å². The zero-order chi connectivity index (χ0) is 8.81. The molecule has 1 rings (SSSR count). The Kier molecular flexibility index (Phi) is 3.66. The SMILES string of the molecule is CC#CC(=O)OC1CCCCC1. The summed E-state index contributed by atoms with van der Waals surface area (Å²) in [4.78, 5) is 10.9. The second kappa shape index (κ2) is 4.82. The molecular weight excluding hydrogens is 152 g/mol. The van der Waals surface area contributed by atoms with Crippen LogP contribution in [-0.4, -0.2) is 12.1 Å². The quantitative estimate of drug-likeness (QED) is 0.338. The third kappa shape index (κ3) is 2.96. The van der Waals surface area contributed by atoms with Crippen LogP contribution in [0.25, 0.3) is 0 Å². The summed E-state index contributed by atoms with van der Waals surface area (Å²) in [5.74, 6) is 4.54. The second-order valence-corrected chi connectivity index (χ2v) is 3.04. The summed E-state index contributed by atoms with van der Waals surface area (Å²) in [5.41, 5.74) is 0. The van der Waals surface area contributed by atoms with Crippen molar-refractivity contribution in [2.45, 2.75) is 45.1 Å². The van der Waals surface area contributed by atoms with Crippen LogP contribution in [0.4, 0.5) is 0 Å². The Morgan fingerprint density at radius 3 is 2.58 bits per heavy atom. The minimum atomic E-state index is -0.371. The molecule has 1 fully saturated rings. The Labute approximate surface area is 73.3 Å². The summed E-state index contributed by atoms with van der Waals surface area (Å²) >= 11 is 0. The second-order valence-electron chi connectivity index (χ2n) is 3.04. The van der Waals surface area contributed by atoms with E-state index in [-0.39, 0.29) is 12.1 Å². The van der Waals surface area contributed by atoms with E-state index in [4.69, 9.17) is 4.74 Å². The third-order valence-electron chi connectivity index (χ3n) is 2.05. The zero-order valence-electron chi connectivity index (χ0n) is 7.43. The van der Waals surface area contributed by atoms with E-state index < -0.39 is 0 Å². The molecule has 0 unspecified atom stereocenters. The lowest BCUT2D eigenvalue weighted by Gasteiger charge is -2.20. The number of hydrogen-bond acceptors (Lipinski definition) is 2. The molecule has 1 aliphatic rings. The smallest absolute Gasteiger partial charge is 0.384 e. The standard InChI is InChI=1S/C10H14O2/c1-2-6-10(11)12-9-7-4-3-5-8-9/h9H,3-5,7-8H2,1H3. The number of esters is 1. The largest absolute Gasteiger partial charge is 0.453 e. The van der Waals surface area contributed by atoms with Crippen LogP contribution in [-0.2, 0) is 9.53 Å². The van der Waals surface area contributed by atoms with E-state index in [0.29, 0.717) is 0 Å². The first-order chi connectivity index (χ1) is 5.83. The first kappa shape index (κ1) is 9.12. The number of ether oxygens (including phenoxy) is 1. The summed E-state index contributed by atoms with van der Waals surface area (Å²) in [6.45, 7) is 1.64. The molecule has 2 nitrogen and oxygen atoms in total. The van der Waals surface area contributed by atoms with E-state index >= 15 is 0 Å². The highest BCUT2D eigenvalue weighted by Crippen LogP contribution is 2.20. The molecule has 1 aliphatic carbocycles. The van der Waals surface area contributed by atoms with Crippen LogP contribution in [0.5, 0.6) is 0 Å². The van der Waals surface area contributed by atoms with Crippen molar-refractivity contribution in [2.24, 2.45) is 0 Å². The fourth-order valence-corrected chi connectivity index (χ4v) is 1.47. The van der Waals surface area contributed by atoms with Crippen molar-refractivity contribution in [1.82, 2.24) is 0 Å². The van der Waals surface area contributed by atoms with E-state index in [1.165, 1.54) is 19.3 Å². The van der Waals surface area contributed by atoms with Gasteiger partial charge in [-0.15, -0.1) is 0 Å². The predicted molar refractivity (Wildman–Crippen MR) is 46.4 cm³/mol. The summed E-state index contributed by atoms with van der Waals surface area (Å²) < 4.78 is 5.12. The molecule has 0 atom stereocenters. The Hall–Kier alpha value is -0.970. The van der Waals surface area contributed by atoms with Gasteiger partial charge in [0.25, 0.3) is 0 Å². The summed E-state index contributed by atoms with van der Waals surface area (Å²) in [6.07, 6.45) is 5.78. The third-order valence-corrected chi connectivity index (χ3v) is 2.05. The molecule has 0 amide bonds. The van der Waals surface area contributed by atoms with Crippen molar-refractivity contribution < 1.29 is 9.53 Å². The Balaban J connectivity index is 2.27. The van der Waals surface area contributed by atoms with Crippen LogP contribution >= 0.6 is 0 Å². The molecule has 12 heavy (non-hydrogen) atoms. The van der Waals surface area contributed by atoms with Crippen molar-refractivity contribution in [3.8, 4) is 11.8 Å². The lowest BCUT2D eigenvalue weighted by Crippen LogP contribution is -2.19. The van der Waals surface area contributed by atoms with Crippen LogP contribution < -0.4 is 0 Å². The monoisotopic (exact) mass is 166 g/mol. The van der Waals surface area contributed by atoms with Crippen molar-refractivity contribution >= 4 is 5.97 Å². The van der Waals surface area contributed by atoms with Gasteiger partial charge in [0.2, 0.25) is 0 Å². The molecular formula is C10H14O2. The summed E-state index contributed by atoms with van der Waals surface area (Å²) in [5, 5.41) is 0. The maximum atomic E-state index is 10.9. The van der Waals surface area contributed by atoms with Gasteiger partial charge in [-0.1, -0.05) is 12.3 Å². The van der Waals surface area contributed by atoms with Gasteiger partial charge in [0.15, 0.2) is 0 Å². The highest BCUT2D eigenvalue weighted by atomic mass is 16.5. The van der Waals surface area contributed by atoms with Gasteiger partial charge in [-0.2, -0.15) is 0 Å². The normalized spacial score (nSPS) is 17.8. The van der Waals surface area contributed by atoms with Crippen LogP contribution in [0, 0.1) is 11.8 Å². The lowest BCUT2D eigenvalue weighted by molar-refractivity contribution is -0.143. The Morgan fingerprint density at radius 2 is 2.00 bits per heavy atom. The maximum absolute atomic E-state index is 10.9. The first-order valence-corrected chi connectivity index (χ1v) is 4.46. The molecule has 1 saturated carbocycles. The molecule has 0 radical (unpaired) electrons. The lowest BCUT2D eigenvalue weighted by atomic mass is 9.98. The molecule has 0 aliphatic heterocycles. The predicted octanol–water partition coefficient (Wildman–Crippen LogP) is 1.89. The number of carbonyl (C=O) groups is 1. The molecule has 0 spiro atoms. The van der Waals surface area contributed by atoms with Gasteiger partial charge in [-0.05, 0) is 32.6 Å². The van der Waals surface area contributed by atoms with E-state index in [1.807, 2.05) is 0 Å². The first-order valence-electron chi connectivity index (χ1n) is 4.46. The Bertz CT molecular complexity index is 204. The van der Waals surface area contributed by atoms with E-state index in [0.717, 1.165) is 12.8 Å². The molecule has 66 valence electrons. The summed E-state index contributed by atoms with van der Waals surface area (Å²) in [6, 6.07) is 0. The minimum absolute atomic E-state index is 0.132. The van der Waals surface area contributed by atoms with Crippen LogP contribution in [0.3, 0.4) is 0 Å². The average molecular weight is 166 g/mol. The topological polar surface area (TPSA) is 26.3 Å². The highest BCUT2D eigenvalue weighted by molar-refractivity contribution is 5.88. The molecule has 0 saturated heterocycles. The van der Waals surface area contributed by atoms with Crippen molar-refractivity contribution in [2.75, 3.05) is 0 Å². The number of rotatable bonds is 1. The van der Waals surface area contributed by atoms with Crippen molar-refractivity contribution in [3.05, 3.63) is 0 Å². The van der Waals surface area contributed by atoms with Gasteiger partial charge in [-0.3, -0.25) is 0 Å². The van der Waals surface area contributed by atoms with E-state index in [9.17, 15) is 4.79 Å². The molecule has 0 bridgehead atoms. The van der Waals surface area contributed by atoms with Gasteiger partial charge >= 0.3 is 5.97 Å². The highest BCUT2D eigenvalue weighted by Gasteiger charge is 2.16. The van der Waals surface area contributed by atoms with Crippen molar-refractivity contribution in [3.63, 3.8) is 0 Å². The van der Waals surface area contributed by atoms with Gasteiger partial charge in [0.05, 0.1) is 0 Å². The van der Waals surface area contributed by atoms with Crippen LogP contribution in [0.1, 0.15) is 39.0 Å². The fraction of sp³-hybridized carbons (Fsp3) is 0.700. The molecule has 0 aromatic rings. The van der Waals surface area contributed by atoms with Crippen LogP contribution in [0.2, 0.25) is 0 Å². The van der Waals surface area contributed by atoms with Crippen LogP contribution in [0.15, 0.2) is 0 Å². The molecule has 0 heterocycles.